The average Bonchev–Trinajstić information content (AvgIpc) is 3.61. The molecule has 3 aromatic carbocycles. The highest BCUT2D eigenvalue weighted by Crippen LogP contribution is 2.31. The predicted octanol–water partition coefficient (Wildman–Crippen LogP) is 4.52. The van der Waals surface area contributed by atoms with E-state index in [-0.39, 0.29) is 30.3 Å². The summed E-state index contributed by atoms with van der Waals surface area (Å²) in [6.07, 6.45) is 2.50. The molecule has 0 aromatic heterocycles. The van der Waals surface area contributed by atoms with E-state index in [1.54, 1.807) is 24.3 Å². The van der Waals surface area contributed by atoms with Gasteiger partial charge in [0.1, 0.15) is 11.9 Å². The van der Waals surface area contributed by atoms with Crippen LogP contribution in [0.3, 0.4) is 0 Å². The largest absolute Gasteiger partial charge is 0.755 e. The standard InChI is InChI=1S/C29H30FN3O5S/c30-23-7-12-26-22(19-23)15-18-32(26)28(34)14-13-27(29(35)36)33(39(37)38)25-10-5-21(6-11-25)20-3-8-24(9-4-20)31-16-1-2-17-31/h3-12,19,27H,1-2,13-18H2,(H,35,36)(H,37,38)/p-1. The first-order valence-corrected chi connectivity index (χ1v) is 14.0. The minimum atomic E-state index is -2.89. The second-order valence-electron chi connectivity index (χ2n) is 9.79. The summed E-state index contributed by atoms with van der Waals surface area (Å²) in [5.41, 5.74) is 4.51. The lowest BCUT2D eigenvalue weighted by molar-refractivity contribution is -0.138. The number of benzene rings is 3. The number of carboxylic acids is 1. The Morgan fingerprint density at radius 2 is 1.62 bits per heavy atom. The van der Waals surface area contributed by atoms with Crippen molar-refractivity contribution in [2.75, 3.05) is 33.7 Å². The maximum Gasteiger partial charge on any atom is 0.327 e. The summed E-state index contributed by atoms with van der Waals surface area (Å²) in [6.45, 7) is 2.47. The molecule has 1 fully saturated rings. The topological polar surface area (TPSA) is 104 Å². The van der Waals surface area contributed by atoms with E-state index in [1.807, 2.05) is 12.1 Å². The fraction of sp³-hybridized carbons (Fsp3) is 0.310. The number of amides is 1. The molecule has 8 nitrogen and oxygen atoms in total. The monoisotopic (exact) mass is 550 g/mol. The lowest BCUT2D eigenvalue weighted by atomic mass is 10.0. The molecule has 39 heavy (non-hydrogen) atoms. The summed E-state index contributed by atoms with van der Waals surface area (Å²) in [7, 11) is 0. The van der Waals surface area contributed by atoms with Gasteiger partial charge in [-0.15, -0.1) is 0 Å². The number of hydrogen-bond donors (Lipinski definition) is 1. The Kier molecular flexibility index (Phi) is 7.94. The maximum absolute atomic E-state index is 13.5. The van der Waals surface area contributed by atoms with Crippen molar-refractivity contribution in [3.63, 3.8) is 0 Å². The van der Waals surface area contributed by atoms with E-state index in [0.29, 0.717) is 24.2 Å². The molecule has 0 radical (unpaired) electrons. The van der Waals surface area contributed by atoms with Crippen LogP contribution in [-0.4, -0.2) is 51.4 Å². The van der Waals surface area contributed by atoms with Crippen molar-refractivity contribution in [1.29, 1.82) is 0 Å². The third-order valence-corrected chi connectivity index (χ3v) is 8.18. The highest BCUT2D eigenvalue weighted by atomic mass is 32.2. The second kappa shape index (κ2) is 11.5. The zero-order chi connectivity index (χ0) is 27.5. The molecule has 0 saturated carbocycles. The number of carbonyl (C=O) groups is 2. The molecular formula is C29H29FN3O5S-. The molecular weight excluding hydrogens is 521 g/mol. The van der Waals surface area contributed by atoms with Crippen LogP contribution < -0.4 is 14.1 Å². The Bertz CT molecular complexity index is 1380. The van der Waals surface area contributed by atoms with Gasteiger partial charge in [-0.1, -0.05) is 24.3 Å². The molecule has 5 rings (SSSR count). The Morgan fingerprint density at radius 3 is 2.23 bits per heavy atom. The molecule has 10 heteroatoms. The van der Waals surface area contributed by atoms with E-state index in [1.165, 1.54) is 41.6 Å². The molecule has 0 aliphatic carbocycles. The van der Waals surface area contributed by atoms with Crippen molar-refractivity contribution >= 4 is 40.2 Å². The highest BCUT2D eigenvalue weighted by Gasteiger charge is 2.31. The van der Waals surface area contributed by atoms with E-state index < -0.39 is 23.3 Å². The second-order valence-corrected chi connectivity index (χ2v) is 10.6. The van der Waals surface area contributed by atoms with Crippen LogP contribution in [-0.2, 0) is 27.3 Å². The van der Waals surface area contributed by atoms with Crippen LogP contribution in [0.4, 0.5) is 21.5 Å². The maximum atomic E-state index is 13.5. The molecule has 2 aliphatic rings. The Labute approximate surface area is 229 Å². The molecule has 1 N–H and O–H groups in total. The first-order chi connectivity index (χ1) is 18.8. The van der Waals surface area contributed by atoms with Gasteiger partial charge >= 0.3 is 5.97 Å². The number of rotatable bonds is 9. The number of hydrogen-bond acceptors (Lipinski definition) is 5. The molecule has 1 amide bonds. The molecule has 2 atom stereocenters. The van der Waals surface area contributed by atoms with Gasteiger partial charge in [0.05, 0.1) is 0 Å². The lowest BCUT2D eigenvalue weighted by Gasteiger charge is -2.32. The van der Waals surface area contributed by atoms with Crippen LogP contribution >= 0.6 is 0 Å². The summed E-state index contributed by atoms with van der Waals surface area (Å²) in [6, 6.07) is 17.6. The summed E-state index contributed by atoms with van der Waals surface area (Å²) in [4.78, 5) is 28.9. The van der Waals surface area contributed by atoms with E-state index in [0.717, 1.165) is 28.5 Å². The van der Waals surface area contributed by atoms with Crippen molar-refractivity contribution < 1.29 is 27.8 Å². The van der Waals surface area contributed by atoms with E-state index in [4.69, 9.17) is 0 Å². The Balaban J connectivity index is 1.29. The van der Waals surface area contributed by atoms with Crippen molar-refractivity contribution in [3.8, 4) is 11.1 Å². The number of carbonyl (C=O) groups excluding carboxylic acids is 1. The average molecular weight is 551 g/mol. The van der Waals surface area contributed by atoms with Gasteiger partial charge in [0, 0.05) is 54.4 Å². The van der Waals surface area contributed by atoms with Gasteiger partial charge in [0.2, 0.25) is 5.91 Å². The van der Waals surface area contributed by atoms with Crippen LogP contribution in [0.15, 0.2) is 66.7 Å². The first kappa shape index (κ1) is 26.8. The number of fused-ring (bicyclic) bond motifs is 1. The van der Waals surface area contributed by atoms with Gasteiger partial charge in [0.25, 0.3) is 0 Å². The normalized spacial score (nSPS) is 16.2. The lowest BCUT2D eigenvalue weighted by Crippen LogP contribution is -2.43. The fourth-order valence-corrected chi connectivity index (χ4v) is 6.07. The smallest absolute Gasteiger partial charge is 0.327 e. The highest BCUT2D eigenvalue weighted by molar-refractivity contribution is 7.80. The van der Waals surface area contributed by atoms with Crippen LogP contribution in [0, 0.1) is 5.82 Å². The number of nitrogens with zero attached hydrogens (tertiary/aromatic N) is 3. The summed E-state index contributed by atoms with van der Waals surface area (Å²) < 4.78 is 38.7. The van der Waals surface area contributed by atoms with Gasteiger partial charge in [-0.05, 0) is 84.8 Å². The number of carboxylic acid groups (broad SMARTS) is 1. The van der Waals surface area contributed by atoms with Crippen LogP contribution in [0.2, 0.25) is 0 Å². The minimum absolute atomic E-state index is 0.178. The fourth-order valence-electron chi connectivity index (χ4n) is 5.38. The molecule has 204 valence electrons. The minimum Gasteiger partial charge on any atom is -0.755 e. The molecule has 2 unspecified atom stereocenters. The molecule has 1 saturated heterocycles. The van der Waals surface area contributed by atoms with Crippen LogP contribution in [0.5, 0.6) is 0 Å². The third kappa shape index (κ3) is 5.81. The van der Waals surface area contributed by atoms with Crippen molar-refractivity contribution in [2.24, 2.45) is 0 Å². The van der Waals surface area contributed by atoms with E-state index in [9.17, 15) is 27.8 Å². The van der Waals surface area contributed by atoms with E-state index in [2.05, 4.69) is 17.0 Å². The van der Waals surface area contributed by atoms with Gasteiger partial charge in [-0.3, -0.25) is 13.3 Å². The molecule has 2 heterocycles. The summed E-state index contributed by atoms with van der Waals surface area (Å²) in [5, 5.41) is 9.88. The quantitative estimate of drug-likeness (QED) is 0.393. The summed E-state index contributed by atoms with van der Waals surface area (Å²) >= 11 is -2.89. The molecule has 3 aromatic rings. The number of anilines is 3. The van der Waals surface area contributed by atoms with Crippen molar-refractivity contribution in [1.82, 2.24) is 0 Å². The van der Waals surface area contributed by atoms with Crippen molar-refractivity contribution in [3.05, 3.63) is 78.1 Å². The number of halogens is 1. The van der Waals surface area contributed by atoms with Gasteiger partial charge < -0.3 is 19.5 Å². The van der Waals surface area contributed by atoms with Gasteiger partial charge in [-0.25, -0.2) is 9.18 Å². The first-order valence-electron chi connectivity index (χ1n) is 13.0. The Morgan fingerprint density at radius 1 is 0.974 bits per heavy atom. The predicted molar refractivity (Wildman–Crippen MR) is 148 cm³/mol. The SMILES string of the molecule is O=C(O)C(CCC(=O)N1CCc2cc(F)ccc21)N(c1ccc(-c2ccc(N3CCCC3)cc2)cc1)S(=O)[O-]. The summed E-state index contributed by atoms with van der Waals surface area (Å²) in [5.74, 6) is -2.07. The molecule has 2 aliphatic heterocycles. The number of aliphatic carboxylic acids is 1. The van der Waals surface area contributed by atoms with E-state index >= 15 is 0 Å². The van der Waals surface area contributed by atoms with Gasteiger partial charge in [-0.2, -0.15) is 0 Å². The van der Waals surface area contributed by atoms with Gasteiger partial charge in [0.15, 0.2) is 0 Å². The van der Waals surface area contributed by atoms with Crippen molar-refractivity contribution in [2.45, 2.75) is 38.1 Å². The zero-order valence-corrected chi connectivity index (χ0v) is 22.1. The molecule has 0 spiro atoms. The third-order valence-electron chi connectivity index (χ3n) is 7.39. The van der Waals surface area contributed by atoms with Crippen LogP contribution in [0.25, 0.3) is 11.1 Å². The molecule has 0 bridgehead atoms. The Hall–Kier alpha value is -3.76. The van der Waals surface area contributed by atoms with Crippen LogP contribution in [0.1, 0.15) is 31.2 Å². The zero-order valence-electron chi connectivity index (χ0n) is 21.3.